The van der Waals surface area contributed by atoms with Gasteiger partial charge in [0.25, 0.3) is 0 Å². The normalized spacial score (nSPS) is 19.0. The van der Waals surface area contributed by atoms with E-state index in [1.54, 1.807) is 6.20 Å². The summed E-state index contributed by atoms with van der Waals surface area (Å²) in [7, 11) is 0. The maximum absolute atomic E-state index is 11.2. The summed E-state index contributed by atoms with van der Waals surface area (Å²) >= 11 is 0. The van der Waals surface area contributed by atoms with Crippen molar-refractivity contribution < 1.29 is 9.90 Å². The number of hydrogen-bond donors (Lipinski definition) is 3. The van der Waals surface area contributed by atoms with Gasteiger partial charge in [-0.3, -0.25) is 4.68 Å². The van der Waals surface area contributed by atoms with Crippen LogP contribution in [-0.2, 0) is 0 Å². The molecule has 4 rings (SSSR count). The van der Waals surface area contributed by atoms with Gasteiger partial charge in [-0.05, 0) is 44.7 Å². The fourth-order valence-corrected chi connectivity index (χ4v) is 4.16. The van der Waals surface area contributed by atoms with Gasteiger partial charge >= 0.3 is 5.97 Å². The summed E-state index contributed by atoms with van der Waals surface area (Å²) in [6, 6.07) is 0.360. The second-order valence-electron chi connectivity index (χ2n) is 7.73. The number of nitrogen functional groups attached to an aromatic ring is 1. The average molecular weight is 422 g/mol. The summed E-state index contributed by atoms with van der Waals surface area (Å²) in [5, 5.41) is 17.1. The Bertz CT molecular complexity index is 830. The molecule has 158 valence electrons. The Hall–Kier alpha value is -2.23. The van der Waals surface area contributed by atoms with E-state index in [1.165, 1.54) is 25.6 Å². The second kappa shape index (κ2) is 9.51. The zero-order valence-electron chi connectivity index (χ0n) is 16.3. The fourth-order valence-electron chi connectivity index (χ4n) is 4.16. The number of likely N-dealkylation sites (tertiary alicyclic amines) is 1. The summed E-state index contributed by atoms with van der Waals surface area (Å²) in [5.41, 5.74) is 6.59. The maximum atomic E-state index is 11.2. The minimum Gasteiger partial charge on any atom is -0.476 e. The van der Waals surface area contributed by atoms with Crippen molar-refractivity contribution in [2.45, 2.75) is 31.7 Å². The molecule has 0 aliphatic carbocycles. The third-order valence-corrected chi connectivity index (χ3v) is 5.81. The van der Waals surface area contributed by atoms with E-state index in [0.29, 0.717) is 11.7 Å². The van der Waals surface area contributed by atoms with Crippen LogP contribution in [0.25, 0.3) is 11.3 Å². The van der Waals surface area contributed by atoms with E-state index >= 15 is 0 Å². The lowest BCUT2D eigenvalue weighted by Crippen LogP contribution is -2.40. The number of piperidine rings is 2. The van der Waals surface area contributed by atoms with Gasteiger partial charge in [0.05, 0.1) is 24.1 Å². The quantitative estimate of drug-likeness (QED) is 0.666. The van der Waals surface area contributed by atoms with E-state index in [2.05, 4.69) is 25.3 Å². The minimum atomic E-state index is -1.18. The first-order valence-corrected chi connectivity index (χ1v) is 9.93. The number of aromatic nitrogens is 4. The third-order valence-electron chi connectivity index (χ3n) is 5.81. The van der Waals surface area contributed by atoms with Crippen LogP contribution in [0.4, 0.5) is 5.82 Å². The molecule has 0 aromatic carbocycles. The summed E-state index contributed by atoms with van der Waals surface area (Å²) in [6.45, 7) is 5.69. The number of rotatable bonds is 5. The highest BCUT2D eigenvalue weighted by Crippen LogP contribution is 2.26. The lowest BCUT2D eigenvalue weighted by molar-refractivity contribution is 0.0691. The third kappa shape index (κ3) is 5.04. The summed E-state index contributed by atoms with van der Waals surface area (Å²) < 4.78 is 1.98. The van der Waals surface area contributed by atoms with E-state index in [4.69, 9.17) is 5.73 Å². The number of halogens is 1. The molecule has 2 aromatic rings. The van der Waals surface area contributed by atoms with Crippen LogP contribution in [-0.4, -0.2) is 68.4 Å². The van der Waals surface area contributed by atoms with Gasteiger partial charge in [-0.2, -0.15) is 5.10 Å². The van der Waals surface area contributed by atoms with Crippen LogP contribution < -0.4 is 11.1 Å². The number of anilines is 1. The Balaban J connectivity index is 0.00000240. The van der Waals surface area contributed by atoms with E-state index in [9.17, 15) is 9.90 Å². The van der Waals surface area contributed by atoms with Gasteiger partial charge in [0.2, 0.25) is 0 Å². The predicted molar refractivity (Wildman–Crippen MR) is 112 cm³/mol. The Morgan fingerprint density at radius 1 is 1.21 bits per heavy atom. The molecular weight excluding hydrogens is 394 g/mol. The second-order valence-corrected chi connectivity index (χ2v) is 7.73. The van der Waals surface area contributed by atoms with Crippen molar-refractivity contribution in [1.29, 1.82) is 0 Å². The van der Waals surface area contributed by atoms with Crippen molar-refractivity contribution in [1.82, 2.24) is 30.0 Å². The van der Waals surface area contributed by atoms with Crippen molar-refractivity contribution in [2.75, 3.05) is 38.5 Å². The molecule has 10 heteroatoms. The first-order chi connectivity index (χ1) is 13.6. The number of nitrogens with zero attached hydrogens (tertiary/aromatic N) is 5. The molecule has 0 radical (unpaired) electrons. The minimum absolute atomic E-state index is 0. The summed E-state index contributed by atoms with van der Waals surface area (Å²) in [4.78, 5) is 21.9. The molecule has 2 fully saturated rings. The van der Waals surface area contributed by atoms with Crippen molar-refractivity contribution in [2.24, 2.45) is 5.92 Å². The zero-order valence-corrected chi connectivity index (χ0v) is 17.1. The highest BCUT2D eigenvalue weighted by molar-refractivity contribution is 5.90. The maximum Gasteiger partial charge on any atom is 0.358 e. The van der Waals surface area contributed by atoms with Gasteiger partial charge in [0.1, 0.15) is 0 Å². The molecule has 29 heavy (non-hydrogen) atoms. The molecule has 0 atom stereocenters. The number of carbonyl (C=O) groups is 1. The Labute approximate surface area is 176 Å². The summed E-state index contributed by atoms with van der Waals surface area (Å²) in [6.07, 6.45) is 9.84. The van der Waals surface area contributed by atoms with Crippen molar-refractivity contribution in [3.63, 3.8) is 0 Å². The largest absolute Gasteiger partial charge is 0.476 e. The zero-order chi connectivity index (χ0) is 19.5. The average Bonchev–Trinajstić information content (AvgIpc) is 3.20. The van der Waals surface area contributed by atoms with Crippen LogP contribution >= 0.6 is 12.4 Å². The van der Waals surface area contributed by atoms with E-state index in [-0.39, 0.29) is 23.9 Å². The molecule has 2 aliphatic rings. The van der Waals surface area contributed by atoms with Gasteiger partial charge in [0, 0.05) is 31.4 Å². The predicted octanol–water partition coefficient (Wildman–Crippen LogP) is 1.68. The number of nitrogens with two attached hydrogens (primary N) is 1. The highest BCUT2D eigenvalue weighted by atomic mass is 35.5. The van der Waals surface area contributed by atoms with Crippen LogP contribution in [0.2, 0.25) is 0 Å². The molecule has 0 spiro atoms. The molecule has 0 amide bonds. The Morgan fingerprint density at radius 2 is 1.93 bits per heavy atom. The van der Waals surface area contributed by atoms with Crippen LogP contribution in [0.1, 0.15) is 42.2 Å². The molecule has 4 heterocycles. The lowest BCUT2D eigenvalue weighted by Gasteiger charge is -2.35. The molecule has 0 unspecified atom stereocenters. The number of carboxylic acid groups (broad SMARTS) is 1. The Morgan fingerprint density at radius 3 is 2.62 bits per heavy atom. The van der Waals surface area contributed by atoms with Crippen molar-refractivity contribution >= 4 is 24.2 Å². The molecule has 0 bridgehead atoms. The van der Waals surface area contributed by atoms with Gasteiger partial charge in [0.15, 0.2) is 11.5 Å². The van der Waals surface area contributed by atoms with Crippen LogP contribution in [0.3, 0.4) is 0 Å². The van der Waals surface area contributed by atoms with Gasteiger partial charge in [-0.1, -0.05) is 0 Å². The van der Waals surface area contributed by atoms with E-state index in [1.807, 2.05) is 10.9 Å². The topological polar surface area (TPSA) is 122 Å². The van der Waals surface area contributed by atoms with Crippen molar-refractivity contribution in [3.05, 3.63) is 24.3 Å². The smallest absolute Gasteiger partial charge is 0.358 e. The molecule has 9 nitrogen and oxygen atoms in total. The Kier molecular flexibility index (Phi) is 7.05. The monoisotopic (exact) mass is 421 g/mol. The van der Waals surface area contributed by atoms with Gasteiger partial charge in [-0.15, -0.1) is 12.4 Å². The first kappa shape index (κ1) is 21.5. The summed E-state index contributed by atoms with van der Waals surface area (Å²) in [5.74, 6) is -0.438. The fraction of sp³-hybridized carbons (Fsp3) is 0.579. The highest BCUT2D eigenvalue weighted by Gasteiger charge is 2.24. The van der Waals surface area contributed by atoms with Crippen LogP contribution in [0.15, 0.2) is 18.6 Å². The number of nitrogens with one attached hydrogen (secondary N) is 1. The SMILES string of the molecule is Cl.Nc1ncc(-c2cnn(C3CCN(CC4CCNCC4)CC3)c2)nc1C(=O)O. The molecule has 0 saturated carbocycles. The lowest BCUT2D eigenvalue weighted by atomic mass is 9.96. The van der Waals surface area contributed by atoms with E-state index in [0.717, 1.165) is 50.5 Å². The van der Waals surface area contributed by atoms with Crippen LogP contribution in [0, 0.1) is 5.92 Å². The first-order valence-electron chi connectivity index (χ1n) is 9.93. The molecule has 2 aromatic heterocycles. The number of hydrogen-bond acceptors (Lipinski definition) is 7. The van der Waals surface area contributed by atoms with Crippen LogP contribution in [0.5, 0.6) is 0 Å². The van der Waals surface area contributed by atoms with Crippen molar-refractivity contribution in [3.8, 4) is 11.3 Å². The molecular formula is C19H28ClN7O2. The number of carboxylic acids is 1. The van der Waals surface area contributed by atoms with E-state index < -0.39 is 5.97 Å². The van der Waals surface area contributed by atoms with Gasteiger partial charge in [-0.25, -0.2) is 14.8 Å². The molecule has 2 saturated heterocycles. The number of aromatic carboxylic acids is 1. The molecule has 2 aliphatic heterocycles. The standard InChI is InChI=1S/C19H27N7O2.ClH/c20-18-17(19(27)28)24-16(10-22-18)14-9-23-26(12-14)15-3-7-25(8-4-15)11-13-1-5-21-6-2-13;/h9-10,12-13,15,21H,1-8,11H2,(H2,20,22)(H,27,28);1H. The van der Waals surface area contributed by atoms with Gasteiger partial charge < -0.3 is 21.1 Å². The molecule has 4 N–H and O–H groups in total.